The summed E-state index contributed by atoms with van der Waals surface area (Å²) < 4.78 is 0. The van der Waals surface area contributed by atoms with Gasteiger partial charge in [0.05, 0.1) is 0 Å². The number of thioether (sulfide) groups is 1. The minimum absolute atomic E-state index is 0.0292. The Kier molecular flexibility index (Phi) is 9.05. The minimum Gasteiger partial charge on any atom is -0.352 e. The highest BCUT2D eigenvalue weighted by Crippen LogP contribution is 2.22. The van der Waals surface area contributed by atoms with E-state index in [-0.39, 0.29) is 17.9 Å². The van der Waals surface area contributed by atoms with Gasteiger partial charge in [-0.05, 0) is 57.5 Å². The number of rotatable bonds is 9. The van der Waals surface area contributed by atoms with Crippen LogP contribution in [0.2, 0.25) is 5.02 Å². The summed E-state index contributed by atoms with van der Waals surface area (Å²) in [7, 11) is 0. The summed E-state index contributed by atoms with van der Waals surface area (Å²) in [6.45, 7) is 8.06. The van der Waals surface area contributed by atoms with Gasteiger partial charge < -0.3 is 10.2 Å². The maximum atomic E-state index is 13.0. The van der Waals surface area contributed by atoms with Gasteiger partial charge in [-0.1, -0.05) is 41.4 Å². The Balaban J connectivity index is 2.05. The normalized spacial score (nSPS) is 11.9. The first-order chi connectivity index (χ1) is 13.8. The van der Waals surface area contributed by atoms with Crippen LogP contribution in [0.25, 0.3) is 0 Å². The summed E-state index contributed by atoms with van der Waals surface area (Å²) in [4.78, 5) is 28.3. The Labute approximate surface area is 183 Å². The molecule has 29 heavy (non-hydrogen) atoms. The maximum Gasteiger partial charge on any atom is 0.242 e. The van der Waals surface area contributed by atoms with Crippen LogP contribution in [0.1, 0.15) is 38.3 Å². The lowest BCUT2D eigenvalue weighted by molar-refractivity contribution is -0.140. The lowest BCUT2D eigenvalue weighted by atomic mass is 10.1. The Morgan fingerprint density at radius 1 is 1.03 bits per heavy atom. The Morgan fingerprint density at radius 3 is 2.24 bits per heavy atom. The third kappa shape index (κ3) is 7.75. The quantitative estimate of drug-likeness (QED) is 0.562. The first-order valence-corrected chi connectivity index (χ1v) is 11.2. The lowest BCUT2D eigenvalue weighted by Crippen LogP contribution is -2.49. The van der Waals surface area contributed by atoms with Crippen LogP contribution >= 0.6 is 23.4 Å². The van der Waals surface area contributed by atoms with E-state index in [4.69, 9.17) is 11.6 Å². The summed E-state index contributed by atoms with van der Waals surface area (Å²) in [5.41, 5.74) is 2.18. The van der Waals surface area contributed by atoms with Crippen molar-refractivity contribution in [2.75, 3.05) is 5.75 Å². The second kappa shape index (κ2) is 11.3. The first-order valence-electron chi connectivity index (χ1n) is 9.80. The van der Waals surface area contributed by atoms with Crippen LogP contribution in [-0.2, 0) is 16.1 Å². The summed E-state index contributed by atoms with van der Waals surface area (Å²) in [5.74, 6) is 0.480. The van der Waals surface area contributed by atoms with Crippen molar-refractivity contribution in [1.82, 2.24) is 10.2 Å². The van der Waals surface area contributed by atoms with Crippen molar-refractivity contribution in [2.45, 2.75) is 57.6 Å². The molecule has 2 rings (SSSR count). The highest BCUT2D eigenvalue weighted by Gasteiger charge is 2.26. The van der Waals surface area contributed by atoms with Gasteiger partial charge in [-0.15, -0.1) is 11.8 Å². The number of amides is 2. The zero-order valence-corrected chi connectivity index (χ0v) is 19.0. The smallest absolute Gasteiger partial charge is 0.242 e. The molecule has 0 spiro atoms. The van der Waals surface area contributed by atoms with Crippen LogP contribution in [0.5, 0.6) is 0 Å². The van der Waals surface area contributed by atoms with Gasteiger partial charge in [-0.25, -0.2) is 0 Å². The van der Waals surface area contributed by atoms with Crippen molar-refractivity contribution in [2.24, 2.45) is 0 Å². The summed E-state index contributed by atoms with van der Waals surface area (Å²) in [6, 6.07) is 15.1. The zero-order valence-electron chi connectivity index (χ0n) is 17.4. The second-order valence-electron chi connectivity index (χ2n) is 7.40. The molecule has 1 atom stereocenters. The summed E-state index contributed by atoms with van der Waals surface area (Å²) in [6.07, 6.45) is 0.360. The average molecular weight is 433 g/mol. The van der Waals surface area contributed by atoms with E-state index in [0.717, 1.165) is 16.0 Å². The molecule has 6 heteroatoms. The van der Waals surface area contributed by atoms with E-state index in [9.17, 15) is 9.59 Å². The van der Waals surface area contributed by atoms with E-state index in [1.165, 1.54) is 0 Å². The highest BCUT2D eigenvalue weighted by atomic mass is 35.5. The second-order valence-corrected chi connectivity index (χ2v) is 9.00. The number of aryl methyl sites for hydroxylation is 1. The van der Waals surface area contributed by atoms with Gasteiger partial charge in [0.25, 0.3) is 0 Å². The standard InChI is InChI=1S/C23H29ClN2O2S/c1-16(2)25-23(28)18(4)26(15-19-7-5-17(3)6-8-19)22(27)13-14-29-21-11-9-20(24)10-12-21/h5-12,16,18H,13-15H2,1-4H3,(H,25,28)/t18-/m0/s1. The number of nitrogens with one attached hydrogen (secondary N) is 1. The lowest BCUT2D eigenvalue weighted by Gasteiger charge is -2.29. The van der Waals surface area contributed by atoms with Gasteiger partial charge in [-0.2, -0.15) is 0 Å². The zero-order chi connectivity index (χ0) is 21.4. The number of hydrogen-bond acceptors (Lipinski definition) is 3. The molecule has 0 heterocycles. The average Bonchev–Trinajstić information content (AvgIpc) is 2.68. The molecular formula is C23H29ClN2O2S. The highest BCUT2D eigenvalue weighted by molar-refractivity contribution is 7.99. The molecule has 0 aromatic heterocycles. The maximum absolute atomic E-state index is 13.0. The van der Waals surface area contributed by atoms with Crippen LogP contribution in [-0.4, -0.2) is 34.6 Å². The van der Waals surface area contributed by atoms with Gasteiger partial charge in [0.15, 0.2) is 0 Å². The molecule has 2 amide bonds. The molecule has 0 bridgehead atoms. The molecule has 0 radical (unpaired) electrons. The van der Waals surface area contributed by atoms with Crippen molar-refractivity contribution >= 4 is 35.2 Å². The molecule has 0 aliphatic heterocycles. The molecule has 2 aromatic carbocycles. The van der Waals surface area contributed by atoms with E-state index in [0.29, 0.717) is 23.7 Å². The summed E-state index contributed by atoms with van der Waals surface area (Å²) >= 11 is 7.52. The van der Waals surface area contributed by atoms with Gasteiger partial charge in [-0.3, -0.25) is 9.59 Å². The van der Waals surface area contributed by atoms with Crippen LogP contribution in [0.15, 0.2) is 53.4 Å². The SMILES string of the molecule is Cc1ccc(CN(C(=O)CCSc2ccc(Cl)cc2)[C@@H](C)C(=O)NC(C)C)cc1. The van der Waals surface area contributed by atoms with Crippen molar-refractivity contribution in [3.63, 3.8) is 0 Å². The fourth-order valence-corrected chi connectivity index (χ4v) is 3.78. The third-order valence-corrected chi connectivity index (χ3v) is 5.74. The van der Waals surface area contributed by atoms with Crippen molar-refractivity contribution in [3.8, 4) is 0 Å². The number of benzene rings is 2. The molecule has 0 fully saturated rings. The Hall–Kier alpha value is -1.98. The monoisotopic (exact) mass is 432 g/mol. The molecule has 0 aliphatic rings. The Morgan fingerprint density at radius 2 is 1.66 bits per heavy atom. The van der Waals surface area contributed by atoms with Crippen LogP contribution in [0.3, 0.4) is 0 Å². The predicted octanol–water partition coefficient (Wildman–Crippen LogP) is 5.07. The van der Waals surface area contributed by atoms with E-state index in [1.807, 2.05) is 69.3 Å². The molecule has 0 unspecified atom stereocenters. The van der Waals surface area contributed by atoms with Gasteiger partial charge in [0.1, 0.15) is 6.04 Å². The number of nitrogens with zero attached hydrogens (tertiary/aromatic N) is 1. The van der Waals surface area contributed by atoms with Crippen LogP contribution in [0.4, 0.5) is 0 Å². The molecule has 0 aliphatic carbocycles. The molecule has 1 N–H and O–H groups in total. The minimum atomic E-state index is -0.535. The third-order valence-electron chi connectivity index (χ3n) is 4.47. The fraction of sp³-hybridized carbons (Fsp3) is 0.391. The number of carbonyl (C=O) groups is 2. The van der Waals surface area contributed by atoms with Gasteiger partial charge in [0.2, 0.25) is 11.8 Å². The van der Waals surface area contributed by atoms with Crippen molar-refractivity contribution < 1.29 is 9.59 Å². The fourth-order valence-electron chi connectivity index (χ4n) is 2.81. The molecule has 0 saturated heterocycles. The molecular weight excluding hydrogens is 404 g/mol. The van der Waals surface area contributed by atoms with E-state index >= 15 is 0 Å². The molecule has 156 valence electrons. The topological polar surface area (TPSA) is 49.4 Å². The largest absolute Gasteiger partial charge is 0.352 e. The molecule has 2 aromatic rings. The number of halogens is 1. The molecule has 4 nitrogen and oxygen atoms in total. The summed E-state index contributed by atoms with van der Waals surface area (Å²) in [5, 5.41) is 3.60. The van der Waals surface area contributed by atoms with Crippen molar-refractivity contribution in [3.05, 3.63) is 64.7 Å². The predicted molar refractivity (Wildman–Crippen MR) is 121 cm³/mol. The van der Waals surface area contributed by atoms with E-state index < -0.39 is 6.04 Å². The first kappa shape index (κ1) is 23.3. The van der Waals surface area contributed by atoms with Crippen molar-refractivity contribution in [1.29, 1.82) is 0 Å². The van der Waals surface area contributed by atoms with Crippen LogP contribution < -0.4 is 5.32 Å². The van der Waals surface area contributed by atoms with Gasteiger partial charge >= 0.3 is 0 Å². The number of hydrogen-bond donors (Lipinski definition) is 1. The van der Waals surface area contributed by atoms with E-state index in [1.54, 1.807) is 23.6 Å². The van der Waals surface area contributed by atoms with Gasteiger partial charge in [0, 0.05) is 34.7 Å². The van der Waals surface area contributed by atoms with E-state index in [2.05, 4.69) is 5.32 Å². The van der Waals surface area contributed by atoms with Crippen LogP contribution in [0, 0.1) is 6.92 Å². The Bertz CT molecular complexity index is 807. The number of carbonyl (C=O) groups excluding carboxylic acids is 2. The molecule has 0 saturated carbocycles.